The van der Waals surface area contributed by atoms with Crippen LogP contribution in [0.25, 0.3) is 0 Å². The van der Waals surface area contributed by atoms with Crippen LogP contribution in [0.1, 0.15) is 22.3 Å². The van der Waals surface area contributed by atoms with Gasteiger partial charge in [0.15, 0.2) is 0 Å². The number of imide groups is 1. The fourth-order valence-corrected chi connectivity index (χ4v) is 6.03. The van der Waals surface area contributed by atoms with Gasteiger partial charge in [0.1, 0.15) is 0 Å². The van der Waals surface area contributed by atoms with Crippen molar-refractivity contribution in [3.63, 3.8) is 0 Å². The minimum absolute atomic E-state index is 0.0915. The van der Waals surface area contributed by atoms with Gasteiger partial charge in [0.05, 0.1) is 17.5 Å². The normalized spacial score (nSPS) is 32.1. The van der Waals surface area contributed by atoms with Gasteiger partial charge in [-0.15, -0.1) is 0 Å². The number of benzene rings is 2. The topological polar surface area (TPSA) is 66.5 Å². The number of hydrogen-bond acceptors (Lipinski definition) is 3. The molecule has 4 aliphatic carbocycles. The fourth-order valence-electron chi connectivity index (χ4n) is 5.85. The number of hydrogen-bond donors (Lipinski definition) is 1. The quantitative estimate of drug-likeness (QED) is 0.575. The van der Waals surface area contributed by atoms with Crippen LogP contribution in [0.4, 0.5) is 11.4 Å². The van der Waals surface area contributed by atoms with Crippen molar-refractivity contribution in [1.82, 2.24) is 0 Å². The number of aryl methyl sites for hydroxylation is 1. The molecule has 0 spiro atoms. The van der Waals surface area contributed by atoms with Crippen LogP contribution in [-0.2, 0) is 9.59 Å². The second-order valence-corrected chi connectivity index (χ2v) is 9.54. The van der Waals surface area contributed by atoms with Crippen molar-refractivity contribution in [3.8, 4) is 0 Å². The molecular formula is C25H21ClN2O3. The van der Waals surface area contributed by atoms with Crippen LogP contribution >= 0.6 is 11.6 Å². The monoisotopic (exact) mass is 432 g/mol. The third-order valence-electron chi connectivity index (χ3n) is 7.48. The molecule has 156 valence electrons. The summed E-state index contributed by atoms with van der Waals surface area (Å²) in [5, 5.41) is 3.41. The highest BCUT2D eigenvalue weighted by Crippen LogP contribution is 2.65. The van der Waals surface area contributed by atoms with Crippen LogP contribution in [-0.4, -0.2) is 17.7 Å². The van der Waals surface area contributed by atoms with E-state index in [1.165, 1.54) is 4.90 Å². The number of carbonyl (C=O) groups is 3. The number of amides is 3. The fraction of sp³-hybridized carbons (Fsp3) is 0.320. The number of halogens is 1. The summed E-state index contributed by atoms with van der Waals surface area (Å²) in [6.07, 6.45) is 5.48. The summed E-state index contributed by atoms with van der Waals surface area (Å²) in [7, 11) is 0. The Morgan fingerprint density at radius 2 is 1.58 bits per heavy atom. The highest BCUT2D eigenvalue weighted by atomic mass is 35.5. The summed E-state index contributed by atoms with van der Waals surface area (Å²) < 4.78 is 0. The van der Waals surface area contributed by atoms with Crippen LogP contribution in [0.5, 0.6) is 0 Å². The molecule has 5 aliphatic rings. The van der Waals surface area contributed by atoms with Crippen molar-refractivity contribution in [3.05, 3.63) is 70.8 Å². The predicted octanol–water partition coefficient (Wildman–Crippen LogP) is 4.46. The van der Waals surface area contributed by atoms with Crippen molar-refractivity contribution in [1.29, 1.82) is 0 Å². The lowest BCUT2D eigenvalue weighted by Crippen LogP contribution is -2.40. The van der Waals surface area contributed by atoms with Crippen LogP contribution in [0.3, 0.4) is 0 Å². The number of nitrogens with zero attached hydrogens (tertiary/aromatic N) is 1. The molecule has 3 fully saturated rings. The van der Waals surface area contributed by atoms with Crippen LogP contribution < -0.4 is 10.2 Å². The number of allylic oxidation sites excluding steroid dienone is 2. The summed E-state index contributed by atoms with van der Waals surface area (Å²) in [5.74, 6) is 0.657. The van der Waals surface area contributed by atoms with Gasteiger partial charge in [-0.3, -0.25) is 19.3 Å². The van der Waals surface area contributed by atoms with Gasteiger partial charge in [-0.05, 0) is 79.0 Å². The summed E-state index contributed by atoms with van der Waals surface area (Å²) in [5.41, 5.74) is 2.53. The Kier molecular flexibility index (Phi) is 3.97. The molecule has 0 radical (unpaired) electrons. The SMILES string of the molecule is Cc1ccc(NC(=O)c2ccc(N3C(=O)C4C5C=CC(C6CC56)C4C3=O)cc2)cc1Cl. The molecule has 2 saturated carbocycles. The first-order chi connectivity index (χ1) is 14.9. The molecule has 1 saturated heterocycles. The smallest absolute Gasteiger partial charge is 0.255 e. The summed E-state index contributed by atoms with van der Waals surface area (Å²) in [6.45, 7) is 1.90. The number of anilines is 2. The van der Waals surface area contributed by atoms with E-state index in [1.807, 2.05) is 13.0 Å². The zero-order valence-corrected chi connectivity index (χ0v) is 17.7. The Morgan fingerprint density at radius 1 is 0.968 bits per heavy atom. The molecule has 2 aromatic carbocycles. The molecule has 3 amide bonds. The van der Waals surface area contributed by atoms with E-state index in [2.05, 4.69) is 17.5 Å². The van der Waals surface area contributed by atoms with Crippen LogP contribution in [0.2, 0.25) is 5.02 Å². The third-order valence-corrected chi connectivity index (χ3v) is 7.89. The molecule has 2 bridgehead atoms. The first kappa shape index (κ1) is 18.8. The number of carbonyl (C=O) groups excluding carboxylic acids is 3. The molecule has 1 heterocycles. The van der Waals surface area contributed by atoms with E-state index in [4.69, 9.17) is 11.6 Å². The average Bonchev–Trinajstić information content (AvgIpc) is 3.54. The largest absolute Gasteiger partial charge is 0.322 e. The Balaban J connectivity index is 1.22. The van der Waals surface area contributed by atoms with Crippen molar-refractivity contribution in [2.24, 2.45) is 35.5 Å². The molecule has 6 heteroatoms. The average molecular weight is 433 g/mol. The van der Waals surface area contributed by atoms with Crippen LogP contribution in [0, 0.1) is 42.4 Å². The number of rotatable bonds is 3. The standard InChI is InChI=1S/C25H21ClN2O3/c1-12-2-5-14(10-20(12)26)27-23(29)13-3-6-15(7-4-13)28-24(30)21-16-8-9-17(19-11-18(16)19)22(21)25(28)31/h2-10,16-19,21-22H,11H2,1H3,(H,27,29). The van der Waals surface area contributed by atoms with Gasteiger partial charge in [-0.1, -0.05) is 29.8 Å². The molecule has 0 aromatic heterocycles. The maximum atomic E-state index is 13.2. The highest BCUT2D eigenvalue weighted by molar-refractivity contribution is 6.31. The van der Waals surface area contributed by atoms with Gasteiger partial charge in [-0.2, -0.15) is 0 Å². The lowest BCUT2D eigenvalue weighted by molar-refractivity contribution is -0.124. The zero-order chi connectivity index (χ0) is 21.4. The first-order valence-electron chi connectivity index (χ1n) is 10.7. The molecule has 1 N–H and O–H groups in total. The van der Waals surface area contributed by atoms with Gasteiger partial charge >= 0.3 is 0 Å². The Hall–Kier alpha value is -2.92. The van der Waals surface area contributed by atoms with Gasteiger partial charge < -0.3 is 5.32 Å². The lowest BCUT2D eigenvalue weighted by Gasteiger charge is -2.37. The molecule has 2 aromatic rings. The second-order valence-electron chi connectivity index (χ2n) is 9.13. The molecular weight excluding hydrogens is 412 g/mol. The van der Waals surface area contributed by atoms with Gasteiger partial charge in [-0.25, -0.2) is 0 Å². The predicted molar refractivity (Wildman–Crippen MR) is 118 cm³/mol. The van der Waals surface area contributed by atoms with Gasteiger partial charge in [0.25, 0.3) is 5.91 Å². The summed E-state index contributed by atoms with van der Waals surface area (Å²) in [4.78, 5) is 40.4. The number of nitrogens with one attached hydrogen (secondary N) is 1. The second kappa shape index (κ2) is 6.54. The van der Waals surface area contributed by atoms with Crippen molar-refractivity contribution >= 4 is 40.7 Å². The van der Waals surface area contributed by atoms with Gasteiger partial charge in [0.2, 0.25) is 11.8 Å². The lowest BCUT2D eigenvalue weighted by atomic mass is 9.63. The van der Waals surface area contributed by atoms with E-state index in [-0.39, 0.29) is 41.4 Å². The van der Waals surface area contributed by atoms with Crippen molar-refractivity contribution in [2.45, 2.75) is 13.3 Å². The van der Waals surface area contributed by atoms with E-state index in [0.717, 1.165) is 12.0 Å². The highest BCUT2D eigenvalue weighted by Gasteiger charge is 2.67. The maximum Gasteiger partial charge on any atom is 0.255 e. The molecule has 6 unspecified atom stereocenters. The van der Waals surface area contributed by atoms with Crippen LogP contribution in [0.15, 0.2) is 54.6 Å². The van der Waals surface area contributed by atoms with Crippen molar-refractivity contribution < 1.29 is 14.4 Å². The minimum atomic E-state index is -0.276. The minimum Gasteiger partial charge on any atom is -0.322 e. The molecule has 6 atom stereocenters. The van der Waals surface area contributed by atoms with E-state index >= 15 is 0 Å². The van der Waals surface area contributed by atoms with E-state index in [1.54, 1.807) is 36.4 Å². The summed E-state index contributed by atoms with van der Waals surface area (Å²) >= 11 is 6.13. The Labute approximate surface area is 185 Å². The Morgan fingerprint density at radius 3 is 2.16 bits per heavy atom. The zero-order valence-electron chi connectivity index (χ0n) is 16.9. The maximum absolute atomic E-state index is 13.2. The Bertz CT molecular complexity index is 1140. The van der Waals surface area contributed by atoms with Gasteiger partial charge in [0, 0.05) is 16.3 Å². The van der Waals surface area contributed by atoms with E-state index in [9.17, 15) is 14.4 Å². The molecule has 5 nitrogen and oxygen atoms in total. The summed E-state index contributed by atoms with van der Waals surface area (Å²) in [6, 6.07) is 12.0. The van der Waals surface area contributed by atoms with E-state index < -0.39 is 0 Å². The molecule has 7 rings (SSSR count). The molecule has 31 heavy (non-hydrogen) atoms. The van der Waals surface area contributed by atoms with E-state index in [0.29, 0.717) is 33.8 Å². The molecule has 1 aliphatic heterocycles. The third kappa shape index (κ3) is 2.72. The van der Waals surface area contributed by atoms with Crippen molar-refractivity contribution in [2.75, 3.05) is 10.2 Å². The first-order valence-corrected chi connectivity index (χ1v) is 11.1.